The molecule has 0 aliphatic heterocycles. The molecule has 160 valence electrons. The Balaban J connectivity index is 1.86. The Morgan fingerprint density at radius 2 is 1.80 bits per heavy atom. The molecule has 2 rings (SSSR count). The summed E-state index contributed by atoms with van der Waals surface area (Å²) in [6, 6.07) is 10.6. The highest BCUT2D eigenvalue weighted by Crippen LogP contribution is 2.26. The van der Waals surface area contributed by atoms with E-state index in [0.29, 0.717) is 18.7 Å². The fraction of sp³-hybridized carbons (Fsp3) is 0.318. The molecule has 0 saturated heterocycles. The second-order valence-electron chi connectivity index (χ2n) is 6.93. The van der Waals surface area contributed by atoms with Crippen LogP contribution in [0.5, 0.6) is 5.75 Å². The maximum absolute atomic E-state index is 12.2. The van der Waals surface area contributed by atoms with E-state index in [4.69, 9.17) is 27.9 Å². The first kappa shape index (κ1) is 23.7. The smallest absolute Gasteiger partial charge is 0.250 e. The maximum atomic E-state index is 12.2. The topological polar surface area (TPSA) is 84.5 Å². The number of hydrogen-bond donors (Lipinski definition) is 2. The number of ketones is 1. The average molecular weight is 451 g/mol. The zero-order chi connectivity index (χ0) is 22.3. The van der Waals surface area contributed by atoms with E-state index in [2.05, 4.69) is 10.6 Å². The lowest BCUT2D eigenvalue weighted by Crippen LogP contribution is -2.28. The maximum Gasteiger partial charge on any atom is 0.250 e. The summed E-state index contributed by atoms with van der Waals surface area (Å²) in [6.45, 7) is 5.64. The highest BCUT2D eigenvalue weighted by Gasteiger charge is 2.21. The first-order valence-corrected chi connectivity index (χ1v) is 10.2. The van der Waals surface area contributed by atoms with E-state index in [9.17, 15) is 14.4 Å². The summed E-state index contributed by atoms with van der Waals surface area (Å²) in [4.78, 5) is 35.4. The number of aryl methyl sites for hydroxylation is 2. The van der Waals surface area contributed by atoms with E-state index in [0.717, 1.165) is 11.3 Å². The number of halogens is 2. The average Bonchev–Trinajstić information content (AvgIpc) is 2.68. The number of nitrogens with one attached hydrogen (secondary N) is 2. The number of ether oxygens (including phenoxy) is 1. The Labute approximate surface area is 185 Å². The van der Waals surface area contributed by atoms with Crippen LogP contribution >= 0.6 is 23.2 Å². The molecule has 0 radical (unpaired) electrons. The van der Waals surface area contributed by atoms with Gasteiger partial charge in [-0.25, -0.2) is 0 Å². The molecule has 0 aromatic heterocycles. The van der Waals surface area contributed by atoms with Crippen LogP contribution in [0.4, 0.5) is 11.4 Å². The van der Waals surface area contributed by atoms with Crippen LogP contribution in [0, 0.1) is 13.8 Å². The van der Waals surface area contributed by atoms with Gasteiger partial charge < -0.3 is 15.4 Å². The molecule has 0 spiro atoms. The van der Waals surface area contributed by atoms with Gasteiger partial charge in [-0.05, 0) is 57.0 Å². The van der Waals surface area contributed by atoms with Crippen molar-refractivity contribution in [1.29, 1.82) is 0 Å². The molecule has 6 nitrogen and oxygen atoms in total. The second kappa shape index (κ2) is 11.0. The minimum atomic E-state index is -1.31. The van der Waals surface area contributed by atoms with Crippen LogP contribution in [0.3, 0.4) is 0 Å². The van der Waals surface area contributed by atoms with Gasteiger partial charge in [-0.2, -0.15) is 0 Å². The molecule has 1 unspecified atom stereocenters. The fourth-order valence-corrected chi connectivity index (χ4v) is 2.90. The Morgan fingerprint density at radius 1 is 1.07 bits per heavy atom. The van der Waals surface area contributed by atoms with Gasteiger partial charge in [-0.1, -0.05) is 29.3 Å². The third-order valence-electron chi connectivity index (χ3n) is 4.23. The molecule has 0 aliphatic carbocycles. The molecule has 2 aromatic carbocycles. The minimum absolute atomic E-state index is 0.196. The van der Waals surface area contributed by atoms with Crippen molar-refractivity contribution in [1.82, 2.24) is 0 Å². The Bertz CT molecular complexity index is 947. The number of hydrogen-bond acceptors (Lipinski definition) is 4. The van der Waals surface area contributed by atoms with Crippen molar-refractivity contribution in [2.45, 2.75) is 39.0 Å². The number of amides is 2. The summed E-state index contributed by atoms with van der Waals surface area (Å²) < 4.78 is 5.73. The fourth-order valence-electron chi connectivity index (χ4n) is 2.68. The summed E-state index contributed by atoms with van der Waals surface area (Å²) in [5, 5.41) is 4.19. The lowest BCUT2D eigenvalue weighted by molar-refractivity contribution is -0.123. The van der Waals surface area contributed by atoms with Gasteiger partial charge in [-0.3, -0.25) is 14.4 Å². The van der Waals surface area contributed by atoms with Crippen molar-refractivity contribution in [3.05, 3.63) is 52.5 Å². The van der Waals surface area contributed by atoms with E-state index in [1.807, 2.05) is 32.0 Å². The number of carbonyl (C=O) groups is 3. The molecule has 30 heavy (non-hydrogen) atoms. The zero-order valence-corrected chi connectivity index (χ0v) is 18.6. The molecule has 1 atom stereocenters. The van der Waals surface area contributed by atoms with Crippen molar-refractivity contribution < 1.29 is 19.1 Å². The first-order valence-electron chi connectivity index (χ1n) is 9.42. The summed E-state index contributed by atoms with van der Waals surface area (Å²) in [6.07, 6.45) is 0.812. The van der Waals surface area contributed by atoms with Crippen molar-refractivity contribution >= 4 is 52.2 Å². The second-order valence-corrected chi connectivity index (χ2v) is 7.77. The molecule has 0 heterocycles. The van der Waals surface area contributed by atoms with Crippen LogP contribution in [0.15, 0.2) is 36.4 Å². The lowest BCUT2D eigenvalue weighted by Gasteiger charge is -2.12. The predicted molar refractivity (Wildman–Crippen MR) is 120 cm³/mol. The largest absolute Gasteiger partial charge is 0.493 e. The summed E-state index contributed by atoms with van der Waals surface area (Å²) in [5.74, 6) is -0.545. The van der Waals surface area contributed by atoms with Crippen molar-refractivity contribution in [3.8, 4) is 5.75 Å². The molecule has 2 N–H and O–H groups in total. The molecule has 2 amide bonds. The van der Waals surface area contributed by atoms with Crippen molar-refractivity contribution in [2.75, 3.05) is 17.2 Å². The van der Waals surface area contributed by atoms with Gasteiger partial charge in [-0.15, -0.1) is 11.6 Å². The predicted octanol–water partition coefficient (Wildman–Crippen LogP) is 4.89. The van der Waals surface area contributed by atoms with E-state index >= 15 is 0 Å². The van der Waals surface area contributed by atoms with Gasteiger partial charge in [0.2, 0.25) is 11.8 Å². The number of anilines is 2. The number of benzene rings is 2. The number of carbonyl (C=O) groups excluding carboxylic acids is 3. The van der Waals surface area contributed by atoms with Gasteiger partial charge in [0.1, 0.15) is 5.75 Å². The normalized spacial score (nSPS) is 11.5. The van der Waals surface area contributed by atoms with Crippen LogP contribution in [-0.4, -0.2) is 29.6 Å². The molecule has 0 aliphatic rings. The molecule has 0 fully saturated rings. The monoisotopic (exact) mass is 450 g/mol. The quantitative estimate of drug-likeness (QED) is 0.323. The van der Waals surface area contributed by atoms with Gasteiger partial charge in [0.05, 0.1) is 17.3 Å². The van der Waals surface area contributed by atoms with E-state index in [1.165, 1.54) is 24.6 Å². The highest BCUT2D eigenvalue weighted by atomic mass is 35.5. The molecule has 0 saturated carbocycles. The number of Topliss-reactive ketones (excluding diaryl/α,β-unsaturated/α-hetero) is 1. The van der Waals surface area contributed by atoms with Gasteiger partial charge in [0.25, 0.3) is 0 Å². The number of rotatable bonds is 9. The summed E-state index contributed by atoms with van der Waals surface area (Å²) in [7, 11) is 0. The van der Waals surface area contributed by atoms with E-state index in [-0.39, 0.29) is 23.0 Å². The summed E-state index contributed by atoms with van der Waals surface area (Å²) >= 11 is 11.8. The van der Waals surface area contributed by atoms with Crippen LogP contribution in [0.1, 0.15) is 30.9 Å². The van der Waals surface area contributed by atoms with E-state index in [1.54, 1.807) is 6.07 Å². The molecular weight excluding hydrogens is 427 g/mol. The van der Waals surface area contributed by atoms with Crippen LogP contribution in [0.2, 0.25) is 5.02 Å². The summed E-state index contributed by atoms with van der Waals surface area (Å²) in [5.41, 5.74) is 2.94. The molecule has 8 heteroatoms. The van der Waals surface area contributed by atoms with Crippen LogP contribution in [-0.2, 0) is 14.4 Å². The van der Waals surface area contributed by atoms with Crippen LogP contribution < -0.4 is 15.4 Å². The van der Waals surface area contributed by atoms with E-state index < -0.39 is 17.1 Å². The minimum Gasteiger partial charge on any atom is -0.493 e. The van der Waals surface area contributed by atoms with Gasteiger partial charge >= 0.3 is 0 Å². The van der Waals surface area contributed by atoms with Crippen molar-refractivity contribution in [2.24, 2.45) is 0 Å². The Kier molecular flexibility index (Phi) is 8.69. The number of alkyl halides is 1. The molecule has 2 aromatic rings. The Hall–Kier alpha value is -2.57. The van der Waals surface area contributed by atoms with Crippen molar-refractivity contribution in [3.63, 3.8) is 0 Å². The van der Waals surface area contributed by atoms with Gasteiger partial charge in [0, 0.05) is 12.1 Å². The lowest BCUT2D eigenvalue weighted by atomic mass is 10.1. The van der Waals surface area contributed by atoms with Gasteiger partial charge in [0.15, 0.2) is 11.2 Å². The molecule has 0 bridgehead atoms. The third kappa shape index (κ3) is 7.04. The highest BCUT2D eigenvalue weighted by molar-refractivity contribution is 6.43. The zero-order valence-electron chi connectivity index (χ0n) is 17.1. The standard InChI is InChI=1S/C22H24Cl2N2O4/c1-13-6-9-19(14(2)11-13)30-10-4-5-20(28)25-16-7-8-17(23)18(12-16)26-22(29)21(24)15(3)27/h6-9,11-12,21H,4-5,10H2,1-3H3,(H,25,28)(H,26,29). The van der Waals surface area contributed by atoms with Crippen LogP contribution in [0.25, 0.3) is 0 Å². The third-order valence-corrected chi connectivity index (χ3v) is 5.07. The molecular formula is C22H24Cl2N2O4. The SMILES string of the molecule is CC(=O)C(Cl)C(=O)Nc1cc(NC(=O)CCCOc2ccc(C)cc2C)ccc1Cl. The first-order chi connectivity index (χ1) is 14.2. The Morgan fingerprint density at radius 3 is 2.47 bits per heavy atom.